The predicted molar refractivity (Wildman–Crippen MR) is 257 cm³/mol. The Kier molecular flexibility index (Phi) is 52.3. The standard InChI is InChI=1S/C47H91N5O18/c48-51-52(59)20-22-61-24-26-63-28-30-65-32-34-67-36-38-69-40-42-70-41-39-68-37-35-66-33-31-64-29-27-62-25-23-60-21-19-49-44(53)18-17-43(47(57)58)50-45(54)15-13-11-9-7-5-3-1-2-4-6-8-10-12-14-16-46(55)56/h43H,1-42,48H2,(H,49,53)(H,50,54)(H,55,56)(H,57,58)/t43-/m0/s1. The fourth-order valence-corrected chi connectivity index (χ4v) is 6.33. The van der Waals surface area contributed by atoms with Crippen LogP contribution in [0.1, 0.15) is 116 Å². The molecule has 0 saturated heterocycles. The quantitative estimate of drug-likeness (QED) is 0.0190. The van der Waals surface area contributed by atoms with Crippen LogP contribution in [0.15, 0.2) is 5.22 Å². The van der Waals surface area contributed by atoms with Gasteiger partial charge in [0.2, 0.25) is 11.8 Å². The lowest BCUT2D eigenvalue weighted by Crippen LogP contribution is -2.41. The number of nitrogens with zero attached hydrogens (tertiary/aromatic N) is 2. The fraction of sp³-hybridized carbons (Fsp3) is 0.915. The average molecular weight is 1010 g/mol. The lowest BCUT2D eigenvalue weighted by atomic mass is 10.0. The number of hydrogen-bond donors (Lipinski definition) is 5. The third-order valence-corrected chi connectivity index (χ3v) is 10.2. The Balaban J connectivity index is 3.40. The van der Waals surface area contributed by atoms with Gasteiger partial charge in [-0.15, -0.1) is 0 Å². The van der Waals surface area contributed by atoms with Crippen LogP contribution in [-0.2, 0) is 71.3 Å². The highest BCUT2D eigenvalue weighted by atomic mass is 16.6. The number of hydroxylamine groups is 1. The predicted octanol–water partition coefficient (Wildman–Crippen LogP) is 3.80. The lowest BCUT2D eigenvalue weighted by molar-refractivity contribution is -0.534. The lowest BCUT2D eigenvalue weighted by Gasteiger charge is -2.14. The van der Waals surface area contributed by atoms with Crippen LogP contribution in [0.5, 0.6) is 0 Å². The molecule has 23 nitrogen and oxygen atoms in total. The first-order valence-corrected chi connectivity index (χ1v) is 25.5. The van der Waals surface area contributed by atoms with Gasteiger partial charge in [0.05, 0.1) is 151 Å². The minimum absolute atomic E-state index is 0.00376. The van der Waals surface area contributed by atoms with E-state index >= 15 is 0 Å². The molecule has 0 unspecified atom stereocenters. The van der Waals surface area contributed by atoms with Gasteiger partial charge < -0.3 is 78.2 Å². The molecule has 6 N–H and O–H groups in total. The van der Waals surface area contributed by atoms with Crippen molar-refractivity contribution in [3.63, 3.8) is 0 Å². The van der Waals surface area contributed by atoms with Crippen molar-refractivity contribution < 1.29 is 86.4 Å². The van der Waals surface area contributed by atoms with E-state index in [0.29, 0.717) is 143 Å². The van der Waals surface area contributed by atoms with Gasteiger partial charge in [-0.1, -0.05) is 77.0 Å². The third kappa shape index (κ3) is 54.0. The molecule has 0 bridgehead atoms. The summed E-state index contributed by atoms with van der Waals surface area (Å²) in [5.74, 6) is 2.33. The number of carboxylic acids is 2. The van der Waals surface area contributed by atoms with Crippen LogP contribution in [0, 0.1) is 5.21 Å². The zero-order valence-electron chi connectivity index (χ0n) is 42.2. The van der Waals surface area contributed by atoms with Crippen LogP contribution in [0.3, 0.4) is 0 Å². The van der Waals surface area contributed by atoms with Crippen molar-refractivity contribution >= 4 is 23.8 Å². The molecule has 1 atom stereocenters. The second-order valence-corrected chi connectivity index (χ2v) is 16.1. The molecule has 0 fully saturated rings. The van der Waals surface area contributed by atoms with Crippen LogP contribution in [0.4, 0.5) is 0 Å². The Hall–Kier alpha value is -3.36. The molecule has 2 amide bonds. The number of carboxylic acid groups (broad SMARTS) is 2. The first-order chi connectivity index (χ1) is 34.3. The van der Waals surface area contributed by atoms with Gasteiger partial charge >= 0.3 is 11.9 Å². The molecule has 0 saturated carbocycles. The van der Waals surface area contributed by atoms with Gasteiger partial charge in [-0.2, -0.15) is 10.7 Å². The topological polar surface area (TPSA) is 299 Å². The molecule has 0 aliphatic carbocycles. The highest BCUT2D eigenvalue weighted by Crippen LogP contribution is 2.14. The molecule has 0 radical (unpaired) electrons. The Morgan fingerprint density at radius 3 is 1.04 bits per heavy atom. The van der Waals surface area contributed by atoms with Crippen molar-refractivity contribution in [3.8, 4) is 0 Å². The van der Waals surface area contributed by atoms with E-state index in [-0.39, 0.29) is 63.8 Å². The summed E-state index contributed by atoms with van der Waals surface area (Å²) in [6.07, 6.45) is 15.7. The highest BCUT2D eigenvalue weighted by Gasteiger charge is 2.20. The second-order valence-electron chi connectivity index (χ2n) is 16.1. The molecule has 0 rings (SSSR count). The van der Waals surface area contributed by atoms with E-state index in [1.807, 2.05) is 0 Å². The summed E-state index contributed by atoms with van der Waals surface area (Å²) in [5, 5.41) is 37.2. The van der Waals surface area contributed by atoms with Crippen LogP contribution in [0.25, 0.3) is 0 Å². The van der Waals surface area contributed by atoms with Gasteiger partial charge in [0.1, 0.15) is 12.6 Å². The molecule has 0 aliphatic heterocycles. The highest BCUT2D eigenvalue weighted by molar-refractivity contribution is 5.84. The van der Waals surface area contributed by atoms with Crippen LogP contribution < -0.4 is 16.5 Å². The summed E-state index contributed by atoms with van der Waals surface area (Å²) in [4.78, 5) is 47.1. The molecule has 0 heterocycles. The Bertz CT molecular complexity index is 1230. The number of ether oxygens (including phenoxy) is 11. The van der Waals surface area contributed by atoms with E-state index in [4.69, 9.17) is 63.1 Å². The Morgan fingerprint density at radius 2 is 0.729 bits per heavy atom. The largest absolute Gasteiger partial charge is 0.696 e. The van der Waals surface area contributed by atoms with Gasteiger partial charge in [-0.05, 0) is 19.3 Å². The minimum atomic E-state index is -1.16. The molecule has 70 heavy (non-hydrogen) atoms. The number of amides is 2. The normalized spacial score (nSPS) is 12.1. The maximum atomic E-state index is 12.3. The van der Waals surface area contributed by atoms with Gasteiger partial charge in [0.25, 0.3) is 0 Å². The molecule has 0 aromatic rings. The van der Waals surface area contributed by atoms with Crippen molar-refractivity contribution in [2.75, 3.05) is 158 Å². The van der Waals surface area contributed by atoms with Crippen molar-refractivity contribution in [3.05, 3.63) is 5.21 Å². The number of unbranched alkanes of at least 4 members (excludes halogenated alkanes) is 13. The summed E-state index contributed by atoms with van der Waals surface area (Å²) >= 11 is 0. The minimum Gasteiger partial charge on any atom is -0.696 e. The molecular weight excluding hydrogens is 923 g/mol. The van der Waals surface area contributed by atoms with E-state index in [2.05, 4.69) is 15.9 Å². The zero-order valence-corrected chi connectivity index (χ0v) is 42.2. The van der Waals surface area contributed by atoms with Gasteiger partial charge in [-0.25, -0.2) is 4.79 Å². The summed E-state index contributed by atoms with van der Waals surface area (Å²) in [5.41, 5.74) is 0. The monoisotopic (exact) mass is 1010 g/mol. The first kappa shape index (κ1) is 66.6. The van der Waals surface area contributed by atoms with E-state index in [1.54, 1.807) is 0 Å². The summed E-state index contributed by atoms with van der Waals surface area (Å²) < 4.78 is 59.8. The molecular formula is C47H91N5O18. The van der Waals surface area contributed by atoms with Gasteiger partial charge in [0.15, 0.2) is 0 Å². The van der Waals surface area contributed by atoms with E-state index in [0.717, 1.165) is 38.5 Å². The number of rotatable bonds is 58. The average Bonchev–Trinajstić information content (AvgIpc) is 3.34. The maximum Gasteiger partial charge on any atom is 0.326 e. The molecule has 0 aromatic carbocycles. The van der Waals surface area contributed by atoms with E-state index in [9.17, 15) is 29.5 Å². The fourth-order valence-electron chi connectivity index (χ4n) is 6.33. The van der Waals surface area contributed by atoms with Gasteiger partial charge in [-0.3, -0.25) is 14.4 Å². The second kappa shape index (κ2) is 55.0. The van der Waals surface area contributed by atoms with E-state index in [1.165, 1.54) is 44.9 Å². The number of nitrogens with one attached hydrogen (secondary N) is 2. The van der Waals surface area contributed by atoms with Crippen LogP contribution in [-0.4, -0.2) is 203 Å². The number of aliphatic carboxylic acids is 2. The zero-order chi connectivity index (χ0) is 51.1. The number of carbonyl (C=O) groups excluding carboxylic acids is 2. The van der Waals surface area contributed by atoms with Crippen molar-refractivity contribution in [1.29, 1.82) is 0 Å². The molecule has 0 aromatic heterocycles. The van der Waals surface area contributed by atoms with E-state index < -0.39 is 18.0 Å². The summed E-state index contributed by atoms with van der Waals surface area (Å²) in [6.45, 7) is 9.47. The number of nitrogens with two attached hydrogens (primary N) is 1. The smallest absolute Gasteiger partial charge is 0.326 e. The number of carbonyl (C=O) groups is 4. The van der Waals surface area contributed by atoms with Crippen molar-refractivity contribution in [2.24, 2.45) is 11.1 Å². The van der Waals surface area contributed by atoms with Crippen LogP contribution >= 0.6 is 0 Å². The van der Waals surface area contributed by atoms with Crippen molar-refractivity contribution in [2.45, 2.75) is 122 Å². The molecule has 0 spiro atoms. The number of hydrogen-bond acceptors (Lipinski definition) is 17. The molecule has 0 aliphatic rings. The Morgan fingerprint density at radius 1 is 0.429 bits per heavy atom. The molecule has 23 heteroatoms. The SMILES string of the molecule is NN=[N+]([O-])CCOCCOCCOCCOCCOCCOCCOCCOCCOCCOCCOCCNC(=O)CC[C@H](NC(=O)CCCCCCCCCCCCCCCCC(=O)O)C(=O)O. The maximum absolute atomic E-state index is 12.3. The third-order valence-electron chi connectivity index (χ3n) is 10.2. The Labute approximate surface area is 416 Å². The summed E-state index contributed by atoms with van der Waals surface area (Å²) in [6, 6.07) is -1.11. The molecule has 412 valence electrons. The first-order valence-electron chi connectivity index (χ1n) is 25.5. The summed E-state index contributed by atoms with van der Waals surface area (Å²) in [7, 11) is 0. The van der Waals surface area contributed by atoms with Crippen LogP contribution in [0.2, 0.25) is 0 Å². The van der Waals surface area contributed by atoms with Gasteiger partial charge in [0, 0.05) is 25.8 Å². The van der Waals surface area contributed by atoms with Crippen molar-refractivity contribution in [1.82, 2.24) is 10.6 Å².